The van der Waals surface area contributed by atoms with Crippen molar-refractivity contribution >= 4 is 38.6 Å². The van der Waals surface area contributed by atoms with Crippen LogP contribution in [0.4, 0.5) is 17.1 Å². The summed E-state index contributed by atoms with van der Waals surface area (Å²) in [5.74, 6) is 0. The SMILES string of the molecule is c1ccc(-c2ccccc2N(c2ccc(-c3c(-c4ccccc4)ccc4ccccc34)cc2)c2cccc(-c3ccc4ccccc4c3)c2)cc1. The van der Waals surface area contributed by atoms with Crippen LogP contribution in [0.25, 0.3) is 66.1 Å². The fourth-order valence-electron chi connectivity index (χ4n) is 7.37. The lowest BCUT2D eigenvalue weighted by molar-refractivity contribution is 1.28. The van der Waals surface area contributed by atoms with E-state index in [2.05, 4.69) is 217 Å². The second-order valence-corrected chi connectivity index (χ2v) is 13.0. The maximum atomic E-state index is 2.40. The Hall–Kier alpha value is -6.70. The van der Waals surface area contributed by atoms with Crippen molar-refractivity contribution in [2.45, 2.75) is 0 Å². The summed E-state index contributed by atoms with van der Waals surface area (Å²) in [7, 11) is 0. The number of fused-ring (bicyclic) bond motifs is 2. The zero-order valence-corrected chi connectivity index (χ0v) is 28.2. The van der Waals surface area contributed by atoms with Crippen molar-refractivity contribution < 1.29 is 0 Å². The fourth-order valence-corrected chi connectivity index (χ4v) is 7.37. The van der Waals surface area contributed by atoms with Gasteiger partial charge in [0.25, 0.3) is 0 Å². The molecule has 0 unspecified atom stereocenters. The third kappa shape index (κ3) is 5.86. The highest BCUT2D eigenvalue weighted by Gasteiger charge is 2.19. The fraction of sp³-hybridized carbons (Fsp3) is 0. The van der Waals surface area contributed by atoms with Gasteiger partial charge in [-0.15, -0.1) is 0 Å². The standard InChI is InChI=1S/C50H35N/c1-3-15-37(16-4-1)46-23-11-12-25-49(46)51(45-22-13-21-42(35-45)43-27-26-36-14-7-8-20-41(36)34-43)44-31-28-40(29-32-44)50-47-24-10-9-19-39(47)30-33-48(50)38-17-5-2-6-18-38/h1-35H. The predicted octanol–water partition coefficient (Wildman–Crippen LogP) is 14.1. The van der Waals surface area contributed by atoms with E-state index >= 15 is 0 Å². The molecule has 0 saturated carbocycles. The lowest BCUT2D eigenvalue weighted by atomic mass is 9.89. The van der Waals surface area contributed by atoms with Gasteiger partial charge in [0.2, 0.25) is 0 Å². The molecule has 0 heterocycles. The number of hydrogen-bond donors (Lipinski definition) is 0. The Morgan fingerprint density at radius 2 is 0.843 bits per heavy atom. The predicted molar refractivity (Wildman–Crippen MR) is 218 cm³/mol. The first-order valence-electron chi connectivity index (χ1n) is 17.5. The summed E-state index contributed by atoms with van der Waals surface area (Å²) in [6, 6.07) is 76.7. The number of anilines is 3. The van der Waals surface area contributed by atoms with E-state index in [4.69, 9.17) is 0 Å². The molecule has 0 radical (unpaired) electrons. The number of rotatable bonds is 7. The minimum absolute atomic E-state index is 1.10. The smallest absolute Gasteiger partial charge is 0.0540 e. The number of para-hydroxylation sites is 1. The molecule has 1 nitrogen and oxygen atoms in total. The summed E-state index contributed by atoms with van der Waals surface area (Å²) >= 11 is 0. The highest BCUT2D eigenvalue weighted by atomic mass is 15.1. The molecule has 0 spiro atoms. The summed E-state index contributed by atoms with van der Waals surface area (Å²) in [6.45, 7) is 0. The molecule has 1 heteroatoms. The third-order valence-corrected chi connectivity index (χ3v) is 9.84. The Morgan fingerprint density at radius 3 is 1.63 bits per heavy atom. The first-order valence-corrected chi connectivity index (χ1v) is 17.5. The summed E-state index contributed by atoms with van der Waals surface area (Å²) in [5.41, 5.74) is 13.0. The summed E-state index contributed by atoms with van der Waals surface area (Å²) in [4.78, 5) is 2.40. The highest BCUT2D eigenvalue weighted by molar-refractivity contribution is 6.04. The van der Waals surface area contributed by atoms with Crippen LogP contribution in [0.2, 0.25) is 0 Å². The van der Waals surface area contributed by atoms with Gasteiger partial charge in [0, 0.05) is 16.9 Å². The Balaban J connectivity index is 1.21. The number of benzene rings is 9. The first-order chi connectivity index (χ1) is 25.3. The second kappa shape index (κ2) is 13.3. The summed E-state index contributed by atoms with van der Waals surface area (Å²) < 4.78 is 0. The minimum Gasteiger partial charge on any atom is -0.310 e. The van der Waals surface area contributed by atoms with Gasteiger partial charge in [-0.25, -0.2) is 0 Å². The van der Waals surface area contributed by atoms with Crippen molar-refractivity contribution in [2.75, 3.05) is 4.90 Å². The molecule has 0 saturated heterocycles. The molecule has 0 aliphatic heterocycles. The van der Waals surface area contributed by atoms with Crippen LogP contribution in [0, 0.1) is 0 Å². The molecule has 0 N–H and O–H groups in total. The molecule has 9 aromatic rings. The van der Waals surface area contributed by atoms with Crippen LogP contribution in [-0.2, 0) is 0 Å². The van der Waals surface area contributed by atoms with E-state index in [1.54, 1.807) is 0 Å². The first kappa shape index (κ1) is 30.4. The van der Waals surface area contributed by atoms with Gasteiger partial charge in [0.05, 0.1) is 5.69 Å². The van der Waals surface area contributed by atoms with E-state index in [0.717, 1.165) is 17.1 Å². The van der Waals surface area contributed by atoms with Gasteiger partial charge in [-0.05, 0) is 96.9 Å². The zero-order valence-electron chi connectivity index (χ0n) is 28.2. The average Bonchev–Trinajstić information content (AvgIpc) is 3.21. The van der Waals surface area contributed by atoms with Crippen LogP contribution in [0.3, 0.4) is 0 Å². The number of nitrogens with zero attached hydrogens (tertiary/aromatic N) is 1. The molecule has 0 bridgehead atoms. The molecule has 240 valence electrons. The van der Waals surface area contributed by atoms with Gasteiger partial charge in [0.1, 0.15) is 0 Å². The van der Waals surface area contributed by atoms with Gasteiger partial charge in [-0.1, -0.05) is 176 Å². The Kier molecular flexibility index (Phi) is 7.92. The summed E-state index contributed by atoms with van der Waals surface area (Å²) in [6.07, 6.45) is 0. The van der Waals surface area contributed by atoms with Crippen LogP contribution >= 0.6 is 0 Å². The maximum Gasteiger partial charge on any atom is 0.0540 e. The summed E-state index contributed by atoms with van der Waals surface area (Å²) in [5, 5.41) is 4.98. The van der Waals surface area contributed by atoms with Crippen molar-refractivity contribution in [3.05, 3.63) is 212 Å². The van der Waals surface area contributed by atoms with E-state index in [1.807, 2.05) is 0 Å². The Morgan fingerprint density at radius 1 is 0.275 bits per heavy atom. The van der Waals surface area contributed by atoms with Crippen LogP contribution < -0.4 is 4.90 Å². The molecule has 0 aliphatic rings. The maximum absolute atomic E-state index is 2.40. The van der Waals surface area contributed by atoms with Crippen LogP contribution in [0.5, 0.6) is 0 Å². The molecular formula is C50H35N. The average molecular weight is 650 g/mol. The second-order valence-electron chi connectivity index (χ2n) is 13.0. The molecule has 51 heavy (non-hydrogen) atoms. The van der Waals surface area contributed by atoms with Crippen molar-refractivity contribution in [1.82, 2.24) is 0 Å². The van der Waals surface area contributed by atoms with Crippen molar-refractivity contribution in [2.24, 2.45) is 0 Å². The van der Waals surface area contributed by atoms with Crippen LogP contribution in [0.1, 0.15) is 0 Å². The largest absolute Gasteiger partial charge is 0.310 e. The zero-order chi connectivity index (χ0) is 34.0. The molecule has 9 aromatic carbocycles. The third-order valence-electron chi connectivity index (χ3n) is 9.84. The van der Waals surface area contributed by atoms with Gasteiger partial charge < -0.3 is 4.90 Å². The minimum atomic E-state index is 1.10. The van der Waals surface area contributed by atoms with Crippen molar-refractivity contribution in [3.8, 4) is 44.5 Å². The molecule has 0 fully saturated rings. The number of hydrogen-bond acceptors (Lipinski definition) is 1. The van der Waals surface area contributed by atoms with Gasteiger partial charge in [-0.2, -0.15) is 0 Å². The van der Waals surface area contributed by atoms with Crippen LogP contribution in [0.15, 0.2) is 212 Å². The molecule has 0 aromatic heterocycles. The molecule has 0 amide bonds. The van der Waals surface area contributed by atoms with E-state index in [9.17, 15) is 0 Å². The van der Waals surface area contributed by atoms with E-state index < -0.39 is 0 Å². The van der Waals surface area contributed by atoms with Gasteiger partial charge >= 0.3 is 0 Å². The van der Waals surface area contributed by atoms with E-state index in [-0.39, 0.29) is 0 Å². The van der Waals surface area contributed by atoms with Gasteiger partial charge in [0.15, 0.2) is 0 Å². The normalized spacial score (nSPS) is 11.1. The molecule has 0 atom stereocenters. The van der Waals surface area contributed by atoms with E-state index in [0.29, 0.717) is 0 Å². The van der Waals surface area contributed by atoms with E-state index in [1.165, 1.54) is 66.1 Å². The highest BCUT2D eigenvalue weighted by Crippen LogP contribution is 2.44. The van der Waals surface area contributed by atoms with Gasteiger partial charge in [-0.3, -0.25) is 0 Å². The Labute approximate surface area is 299 Å². The lowest BCUT2D eigenvalue weighted by Crippen LogP contribution is -2.11. The monoisotopic (exact) mass is 649 g/mol. The molecule has 0 aliphatic carbocycles. The Bertz CT molecular complexity index is 2620. The molecular weight excluding hydrogens is 615 g/mol. The molecule has 9 rings (SSSR count). The quantitative estimate of drug-likeness (QED) is 0.166. The van der Waals surface area contributed by atoms with Crippen molar-refractivity contribution in [1.29, 1.82) is 0 Å². The van der Waals surface area contributed by atoms with Crippen LogP contribution in [-0.4, -0.2) is 0 Å². The van der Waals surface area contributed by atoms with Crippen molar-refractivity contribution in [3.63, 3.8) is 0 Å². The topological polar surface area (TPSA) is 3.24 Å². The lowest BCUT2D eigenvalue weighted by Gasteiger charge is -2.28.